The first-order valence-electron chi connectivity index (χ1n) is 5.83. The van der Waals surface area contributed by atoms with E-state index < -0.39 is 0 Å². The summed E-state index contributed by atoms with van der Waals surface area (Å²) in [6.07, 6.45) is 4.94. The Morgan fingerprint density at radius 1 is 1.06 bits per heavy atom. The van der Waals surface area contributed by atoms with Crippen molar-refractivity contribution in [3.8, 4) is 5.75 Å². The van der Waals surface area contributed by atoms with Crippen LogP contribution in [0.3, 0.4) is 0 Å². The van der Waals surface area contributed by atoms with Crippen LogP contribution in [-0.4, -0.2) is 19.0 Å². The number of nitrogens with one attached hydrogen (secondary N) is 1. The first-order valence-corrected chi connectivity index (χ1v) is 6.95. The van der Waals surface area contributed by atoms with Crippen molar-refractivity contribution in [3.63, 3.8) is 0 Å². The van der Waals surface area contributed by atoms with E-state index in [2.05, 4.69) is 21.2 Å². The third-order valence-corrected chi connectivity index (χ3v) is 3.00. The van der Waals surface area contributed by atoms with Crippen molar-refractivity contribution < 1.29 is 4.74 Å². The van der Waals surface area contributed by atoms with Crippen LogP contribution >= 0.6 is 15.9 Å². The molecule has 0 spiro atoms. The summed E-state index contributed by atoms with van der Waals surface area (Å²) in [5.41, 5.74) is 1.12. The molecule has 0 heterocycles. The van der Waals surface area contributed by atoms with Gasteiger partial charge in [0.15, 0.2) is 0 Å². The molecule has 2 nitrogen and oxygen atoms in total. The van der Waals surface area contributed by atoms with Crippen LogP contribution in [0.5, 0.6) is 5.75 Å². The summed E-state index contributed by atoms with van der Waals surface area (Å²) >= 11 is 3.43. The average molecular weight is 286 g/mol. The summed E-state index contributed by atoms with van der Waals surface area (Å²) in [6.45, 7) is 0.821. The van der Waals surface area contributed by atoms with Gasteiger partial charge in [0.2, 0.25) is 0 Å². The van der Waals surface area contributed by atoms with E-state index in [0.29, 0.717) is 0 Å². The second kappa shape index (κ2) is 8.45. The van der Waals surface area contributed by atoms with Gasteiger partial charge in [0.25, 0.3) is 0 Å². The number of anilines is 1. The van der Waals surface area contributed by atoms with Crippen molar-refractivity contribution in [1.82, 2.24) is 0 Å². The molecule has 3 heteroatoms. The lowest BCUT2D eigenvalue weighted by molar-refractivity contribution is 0.305. The fourth-order valence-electron chi connectivity index (χ4n) is 1.46. The van der Waals surface area contributed by atoms with Crippen LogP contribution in [0.25, 0.3) is 0 Å². The van der Waals surface area contributed by atoms with Gasteiger partial charge in [0.05, 0.1) is 6.61 Å². The van der Waals surface area contributed by atoms with Gasteiger partial charge in [0.1, 0.15) is 5.75 Å². The number of unbranched alkanes of at least 4 members (excludes halogenated alkanes) is 3. The lowest BCUT2D eigenvalue weighted by Crippen LogP contribution is -1.97. The van der Waals surface area contributed by atoms with Crippen molar-refractivity contribution in [1.29, 1.82) is 0 Å². The number of hydrogen-bond acceptors (Lipinski definition) is 2. The van der Waals surface area contributed by atoms with E-state index in [0.717, 1.165) is 29.8 Å². The largest absolute Gasteiger partial charge is 0.494 e. The van der Waals surface area contributed by atoms with Crippen LogP contribution in [0.15, 0.2) is 24.3 Å². The second-order valence-electron chi connectivity index (χ2n) is 3.73. The van der Waals surface area contributed by atoms with Gasteiger partial charge in [-0.3, -0.25) is 0 Å². The molecule has 0 saturated carbocycles. The molecule has 0 bridgehead atoms. The van der Waals surface area contributed by atoms with E-state index >= 15 is 0 Å². The zero-order valence-electron chi connectivity index (χ0n) is 9.84. The fraction of sp³-hybridized carbons (Fsp3) is 0.538. The summed E-state index contributed by atoms with van der Waals surface area (Å²) in [4.78, 5) is 0. The predicted molar refractivity (Wildman–Crippen MR) is 73.7 cm³/mol. The second-order valence-corrected chi connectivity index (χ2v) is 4.52. The van der Waals surface area contributed by atoms with E-state index in [9.17, 15) is 0 Å². The van der Waals surface area contributed by atoms with E-state index in [1.807, 2.05) is 31.3 Å². The number of alkyl halides is 1. The van der Waals surface area contributed by atoms with Gasteiger partial charge < -0.3 is 10.1 Å². The molecule has 16 heavy (non-hydrogen) atoms. The van der Waals surface area contributed by atoms with Crippen molar-refractivity contribution in [3.05, 3.63) is 24.3 Å². The first-order chi connectivity index (χ1) is 7.86. The average Bonchev–Trinajstić information content (AvgIpc) is 2.34. The van der Waals surface area contributed by atoms with Crippen LogP contribution < -0.4 is 10.1 Å². The quantitative estimate of drug-likeness (QED) is 0.574. The minimum absolute atomic E-state index is 0.821. The maximum Gasteiger partial charge on any atom is 0.119 e. The standard InChI is InChI=1S/C13H20BrNO/c1-15-12-6-8-13(9-7-12)16-11-5-3-2-4-10-14/h6-9,15H,2-5,10-11H2,1H3. The van der Waals surface area contributed by atoms with E-state index in [-0.39, 0.29) is 0 Å². The smallest absolute Gasteiger partial charge is 0.119 e. The highest BCUT2D eigenvalue weighted by Crippen LogP contribution is 2.15. The van der Waals surface area contributed by atoms with Crippen molar-refractivity contribution >= 4 is 21.6 Å². The van der Waals surface area contributed by atoms with Gasteiger partial charge in [-0.15, -0.1) is 0 Å². The van der Waals surface area contributed by atoms with Crippen LogP contribution in [-0.2, 0) is 0 Å². The Hall–Kier alpha value is -0.700. The van der Waals surface area contributed by atoms with Crippen molar-refractivity contribution in [2.45, 2.75) is 25.7 Å². The highest BCUT2D eigenvalue weighted by Gasteiger charge is 1.94. The molecular weight excluding hydrogens is 266 g/mol. The van der Waals surface area contributed by atoms with E-state index in [4.69, 9.17) is 4.74 Å². The minimum Gasteiger partial charge on any atom is -0.494 e. The first kappa shape index (κ1) is 13.4. The van der Waals surface area contributed by atoms with E-state index in [1.165, 1.54) is 19.3 Å². The van der Waals surface area contributed by atoms with Crippen LogP contribution in [0.1, 0.15) is 25.7 Å². The molecule has 0 aromatic heterocycles. The Balaban J connectivity index is 2.12. The Labute approximate surface area is 107 Å². The molecule has 0 fully saturated rings. The molecule has 0 amide bonds. The van der Waals surface area contributed by atoms with Crippen LogP contribution in [0, 0.1) is 0 Å². The van der Waals surface area contributed by atoms with Gasteiger partial charge in [-0.2, -0.15) is 0 Å². The zero-order chi connectivity index (χ0) is 11.6. The van der Waals surface area contributed by atoms with Crippen LogP contribution in [0.4, 0.5) is 5.69 Å². The summed E-state index contributed by atoms with van der Waals surface area (Å²) in [6, 6.07) is 8.06. The topological polar surface area (TPSA) is 21.3 Å². The fourth-order valence-corrected chi connectivity index (χ4v) is 1.85. The summed E-state index contributed by atoms with van der Waals surface area (Å²) in [7, 11) is 1.92. The minimum atomic E-state index is 0.821. The maximum atomic E-state index is 5.65. The zero-order valence-corrected chi connectivity index (χ0v) is 11.4. The molecule has 0 saturated heterocycles. The summed E-state index contributed by atoms with van der Waals surface area (Å²) in [5, 5.41) is 4.20. The van der Waals surface area contributed by atoms with Gasteiger partial charge in [-0.1, -0.05) is 28.8 Å². The number of ether oxygens (including phenoxy) is 1. The van der Waals surface area contributed by atoms with Gasteiger partial charge in [0, 0.05) is 18.1 Å². The normalized spacial score (nSPS) is 10.1. The molecule has 0 unspecified atom stereocenters. The summed E-state index contributed by atoms with van der Waals surface area (Å²) < 4.78 is 5.65. The molecule has 1 aromatic carbocycles. The highest BCUT2D eigenvalue weighted by atomic mass is 79.9. The van der Waals surface area contributed by atoms with Gasteiger partial charge in [-0.25, -0.2) is 0 Å². The third-order valence-electron chi connectivity index (χ3n) is 2.44. The lowest BCUT2D eigenvalue weighted by Gasteiger charge is -2.06. The summed E-state index contributed by atoms with van der Waals surface area (Å²) in [5.74, 6) is 0.958. The molecule has 0 aliphatic rings. The molecule has 0 radical (unpaired) electrons. The van der Waals surface area contributed by atoms with E-state index in [1.54, 1.807) is 0 Å². The number of rotatable bonds is 8. The van der Waals surface area contributed by atoms with Crippen molar-refractivity contribution in [2.24, 2.45) is 0 Å². The Morgan fingerprint density at radius 2 is 1.75 bits per heavy atom. The number of halogens is 1. The Morgan fingerprint density at radius 3 is 2.38 bits per heavy atom. The molecule has 0 aliphatic carbocycles. The molecule has 1 aromatic rings. The number of benzene rings is 1. The molecule has 90 valence electrons. The number of hydrogen-bond donors (Lipinski definition) is 1. The lowest BCUT2D eigenvalue weighted by atomic mass is 10.2. The third kappa shape index (κ3) is 5.40. The Kier molecular flexibility index (Phi) is 7.06. The SMILES string of the molecule is CNc1ccc(OCCCCCCBr)cc1. The molecule has 0 aliphatic heterocycles. The molecule has 1 N–H and O–H groups in total. The Bertz CT molecular complexity index is 274. The molecular formula is C13H20BrNO. The predicted octanol–water partition coefficient (Wildman–Crippen LogP) is 4.06. The molecule has 1 rings (SSSR count). The highest BCUT2D eigenvalue weighted by molar-refractivity contribution is 9.09. The van der Waals surface area contributed by atoms with Gasteiger partial charge >= 0.3 is 0 Å². The van der Waals surface area contributed by atoms with Crippen LogP contribution in [0.2, 0.25) is 0 Å². The maximum absolute atomic E-state index is 5.65. The van der Waals surface area contributed by atoms with Crippen molar-refractivity contribution in [2.75, 3.05) is 24.3 Å². The molecule has 0 atom stereocenters. The van der Waals surface area contributed by atoms with Gasteiger partial charge in [-0.05, 0) is 37.1 Å². The monoisotopic (exact) mass is 285 g/mol.